The lowest BCUT2D eigenvalue weighted by Crippen LogP contribution is -2.29. The third kappa shape index (κ3) is 6.12. The van der Waals surface area contributed by atoms with Crippen LogP contribution >= 0.6 is 0 Å². The van der Waals surface area contributed by atoms with Crippen molar-refractivity contribution in [2.75, 3.05) is 30.2 Å². The van der Waals surface area contributed by atoms with Crippen LogP contribution in [0.3, 0.4) is 0 Å². The van der Waals surface area contributed by atoms with E-state index in [-0.39, 0.29) is 22.0 Å². The quantitative estimate of drug-likeness (QED) is 0.399. The summed E-state index contributed by atoms with van der Waals surface area (Å²) in [5, 5.41) is 12.8. The summed E-state index contributed by atoms with van der Waals surface area (Å²) in [6.07, 6.45) is 3.71. The number of benzene rings is 3. The summed E-state index contributed by atoms with van der Waals surface area (Å²) < 4.78 is 33.5. The number of piperidine rings is 1. The van der Waals surface area contributed by atoms with Gasteiger partial charge in [0.2, 0.25) is 0 Å². The van der Waals surface area contributed by atoms with Crippen LogP contribution in [0.1, 0.15) is 35.2 Å². The molecule has 1 amide bonds. The predicted octanol–water partition coefficient (Wildman–Crippen LogP) is 4.44. The van der Waals surface area contributed by atoms with Crippen molar-refractivity contribution in [1.29, 1.82) is 0 Å². The lowest BCUT2D eigenvalue weighted by molar-refractivity contribution is 0.102. The SMILES string of the molecule is COc1ccccc1NS(=O)(=O)c1ccc(O)c(NC(=O)c2ccc(CN3CCCCC3)cc2)c1. The van der Waals surface area contributed by atoms with Gasteiger partial charge in [0.05, 0.1) is 23.4 Å². The highest BCUT2D eigenvalue weighted by molar-refractivity contribution is 7.92. The Hall–Kier alpha value is -3.56. The number of phenolic OH excluding ortho intramolecular Hbond substituents is 1. The second kappa shape index (κ2) is 10.8. The molecular formula is C26H29N3O5S. The zero-order valence-electron chi connectivity index (χ0n) is 19.5. The summed E-state index contributed by atoms with van der Waals surface area (Å²) in [5.41, 5.74) is 1.81. The van der Waals surface area contributed by atoms with E-state index >= 15 is 0 Å². The molecule has 0 radical (unpaired) electrons. The molecule has 35 heavy (non-hydrogen) atoms. The first-order valence-corrected chi connectivity index (χ1v) is 13.0. The Morgan fingerprint density at radius 1 is 0.971 bits per heavy atom. The number of carbonyl (C=O) groups is 1. The number of carbonyl (C=O) groups excluding carboxylic acids is 1. The van der Waals surface area contributed by atoms with Crippen molar-refractivity contribution in [1.82, 2.24) is 4.90 Å². The molecule has 0 bridgehead atoms. The van der Waals surface area contributed by atoms with Crippen LogP contribution in [-0.2, 0) is 16.6 Å². The number of hydrogen-bond donors (Lipinski definition) is 3. The number of nitrogens with zero attached hydrogens (tertiary/aromatic N) is 1. The van der Waals surface area contributed by atoms with Crippen molar-refractivity contribution in [3.8, 4) is 11.5 Å². The molecule has 0 unspecified atom stereocenters. The number of likely N-dealkylation sites (tertiary alicyclic amines) is 1. The largest absolute Gasteiger partial charge is 0.506 e. The fourth-order valence-electron chi connectivity index (χ4n) is 4.05. The van der Waals surface area contributed by atoms with Crippen LogP contribution in [0.4, 0.5) is 11.4 Å². The molecule has 0 aromatic heterocycles. The van der Waals surface area contributed by atoms with Crippen molar-refractivity contribution in [2.24, 2.45) is 0 Å². The van der Waals surface area contributed by atoms with Gasteiger partial charge < -0.3 is 15.2 Å². The molecular weight excluding hydrogens is 466 g/mol. The Balaban J connectivity index is 1.47. The minimum absolute atomic E-state index is 0.00436. The Morgan fingerprint density at radius 3 is 2.40 bits per heavy atom. The maximum absolute atomic E-state index is 12.9. The fraction of sp³-hybridized carbons (Fsp3) is 0.269. The van der Waals surface area contributed by atoms with Crippen molar-refractivity contribution >= 4 is 27.3 Å². The van der Waals surface area contributed by atoms with Gasteiger partial charge in [0, 0.05) is 12.1 Å². The van der Waals surface area contributed by atoms with Crippen LogP contribution in [0.2, 0.25) is 0 Å². The minimum Gasteiger partial charge on any atom is -0.506 e. The average Bonchev–Trinajstić information content (AvgIpc) is 2.86. The smallest absolute Gasteiger partial charge is 0.262 e. The Kier molecular flexibility index (Phi) is 7.57. The molecule has 1 fully saturated rings. The van der Waals surface area contributed by atoms with Gasteiger partial charge in [-0.25, -0.2) is 8.42 Å². The number of rotatable bonds is 8. The van der Waals surface area contributed by atoms with Gasteiger partial charge >= 0.3 is 0 Å². The third-order valence-corrected chi connectivity index (χ3v) is 7.31. The van der Waals surface area contributed by atoms with Crippen LogP contribution in [0.25, 0.3) is 0 Å². The van der Waals surface area contributed by atoms with Crippen LogP contribution in [0.15, 0.2) is 71.6 Å². The number of methoxy groups -OCH3 is 1. The highest BCUT2D eigenvalue weighted by atomic mass is 32.2. The van der Waals surface area contributed by atoms with Gasteiger partial charge in [-0.05, 0) is 74.0 Å². The van der Waals surface area contributed by atoms with E-state index in [0.29, 0.717) is 11.3 Å². The van der Waals surface area contributed by atoms with Crippen molar-refractivity contribution in [3.05, 3.63) is 77.9 Å². The topological polar surface area (TPSA) is 108 Å². The first kappa shape index (κ1) is 24.6. The van der Waals surface area contributed by atoms with E-state index in [4.69, 9.17) is 4.74 Å². The molecule has 0 saturated carbocycles. The first-order valence-electron chi connectivity index (χ1n) is 11.5. The maximum atomic E-state index is 12.9. The number of anilines is 2. The standard InChI is InChI=1S/C26H29N3O5S/c1-34-25-8-4-3-7-22(25)28-35(32,33)21-13-14-24(30)23(17-21)27-26(31)20-11-9-19(10-12-20)18-29-15-5-2-6-16-29/h3-4,7-14,17,28,30H,2,5-6,15-16,18H2,1H3,(H,27,31). The summed E-state index contributed by atoms with van der Waals surface area (Å²) in [4.78, 5) is 15.1. The van der Waals surface area contributed by atoms with Gasteiger partial charge in [-0.1, -0.05) is 30.7 Å². The molecule has 3 aromatic carbocycles. The van der Waals surface area contributed by atoms with Gasteiger partial charge in [0.25, 0.3) is 15.9 Å². The summed E-state index contributed by atoms with van der Waals surface area (Å²) >= 11 is 0. The highest BCUT2D eigenvalue weighted by Crippen LogP contribution is 2.30. The van der Waals surface area contributed by atoms with E-state index in [1.165, 1.54) is 44.6 Å². The minimum atomic E-state index is -4.00. The molecule has 3 N–H and O–H groups in total. The molecule has 3 aromatic rings. The molecule has 184 valence electrons. The number of aromatic hydroxyl groups is 1. The molecule has 8 nitrogen and oxygen atoms in total. The predicted molar refractivity (Wildman–Crippen MR) is 135 cm³/mol. The molecule has 1 aliphatic heterocycles. The number of para-hydroxylation sites is 2. The molecule has 1 saturated heterocycles. The summed E-state index contributed by atoms with van der Waals surface area (Å²) in [5.74, 6) is -0.319. The number of nitrogens with one attached hydrogen (secondary N) is 2. The van der Waals surface area contributed by atoms with Crippen LogP contribution in [0, 0.1) is 0 Å². The van der Waals surface area contributed by atoms with E-state index in [0.717, 1.165) is 25.2 Å². The number of ether oxygens (including phenoxy) is 1. The van der Waals surface area contributed by atoms with Crippen LogP contribution in [-0.4, -0.2) is 44.5 Å². The van der Waals surface area contributed by atoms with E-state index in [9.17, 15) is 18.3 Å². The van der Waals surface area contributed by atoms with Gasteiger partial charge in [-0.15, -0.1) is 0 Å². The zero-order chi connectivity index (χ0) is 24.8. The maximum Gasteiger partial charge on any atom is 0.262 e. The van der Waals surface area contributed by atoms with Gasteiger partial charge in [-0.3, -0.25) is 14.4 Å². The van der Waals surface area contributed by atoms with Crippen LogP contribution < -0.4 is 14.8 Å². The van der Waals surface area contributed by atoms with Gasteiger partial charge in [0.1, 0.15) is 11.5 Å². The molecule has 0 spiro atoms. The number of amides is 1. The molecule has 0 atom stereocenters. The molecule has 0 aliphatic carbocycles. The fourth-order valence-corrected chi connectivity index (χ4v) is 5.14. The molecule has 1 heterocycles. The number of sulfonamides is 1. The summed E-state index contributed by atoms with van der Waals surface area (Å²) in [6, 6.07) is 17.6. The Morgan fingerprint density at radius 2 is 1.69 bits per heavy atom. The summed E-state index contributed by atoms with van der Waals surface area (Å²) in [6.45, 7) is 3.03. The third-order valence-electron chi connectivity index (χ3n) is 5.95. The number of phenols is 1. The molecule has 4 rings (SSSR count). The first-order chi connectivity index (χ1) is 16.9. The van der Waals surface area contributed by atoms with E-state index < -0.39 is 15.9 Å². The molecule has 1 aliphatic rings. The lowest BCUT2D eigenvalue weighted by atomic mass is 10.1. The van der Waals surface area contributed by atoms with E-state index in [2.05, 4.69) is 14.9 Å². The highest BCUT2D eigenvalue weighted by Gasteiger charge is 2.19. The second-order valence-electron chi connectivity index (χ2n) is 8.47. The Bertz CT molecular complexity index is 1290. The van der Waals surface area contributed by atoms with E-state index in [1.54, 1.807) is 36.4 Å². The normalized spacial score (nSPS) is 14.3. The Labute approximate surface area is 205 Å². The average molecular weight is 496 g/mol. The second-order valence-corrected chi connectivity index (χ2v) is 10.2. The van der Waals surface area contributed by atoms with E-state index in [1.807, 2.05) is 12.1 Å². The number of hydrogen-bond acceptors (Lipinski definition) is 6. The van der Waals surface area contributed by atoms with Gasteiger partial charge in [-0.2, -0.15) is 0 Å². The van der Waals surface area contributed by atoms with Gasteiger partial charge in [0.15, 0.2) is 0 Å². The van der Waals surface area contributed by atoms with Crippen molar-refractivity contribution < 1.29 is 23.1 Å². The van der Waals surface area contributed by atoms with Crippen molar-refractivity contribution in [3.63, 3.8) is 0 Å². The molecule has 9 heteroatoms. The van der Waals surface area contributed by atoms with Crippen molar-refractivity contribution in [2.45, 2.75) is 30.7 Å². The lowest BCUT2D eigenvalue weighted by Gasteiger charge is -2.26. The zero-order valence-corrected chi connectivity index (χ0v) is 20.3. The monoisotopic (exact) mass is 495 g/mol. The summed E-state index contributed by atoms with van der Waals surface area (Å²) in [7, 11) is -2.56. The van der Waals surface area contributed by atoms with Crippen LogP contribution in [0.5, 0.6) is 11.5 Å².